The molecule has 1 unspecified atom stereocenters. The van der Waals surface area contributed by atoms with Gasteiger partial charge in [0, 0.05) is 11.3 Å². The lowest BCUT2D eigenvalue weighted by atomic mass is 10.1. The van der Waals surface area contributed by atoms with Gasteiger partial charge in [-0.15, -0.1) is 0 Å². The highest BCUT2D eigenvalue weighted by atomic mass is 16.4. The minimum Gasteiger partial charge on any atom is -0.480 e. The van der Waals surface area contributed by atoms with Gasteiger partial charge in [-0.3, -0.25) is 14.4 Å². The number of amides is 2. The van der Waals surface area contributed by atoms with E-state index in [4.69, 9.17) is 5.11 Å². The molecule has 6 nitrogen and oxygen atoms in total. The number of aryl methyl sites for hydroxylation is 1. The monoisotopic (exact) mass is 354 g/mol. The first-order valence-electron chi connectivity index (χ1n) is 8.40. The van der Waals surface area contributed by atoms with Crippen molar-refractivity contribution in [2.45, 2.75) is 32.7 Å². The minimum atomic E-state index is -1.10. The van der Waals surface area contributed by atoms with E-state index in [-0.39, 0.29) is 12.3 Å². The summed E-state index contributed by atoms with van der Waals surface area (Å²) in [4.78, 5) is 34.9. The number of carbonyl (C=O) groups excluding carboxylic acids is 2. The highest BCUT2D eigenvalue weighted by Crippen LogP contribution is 2.12. The summed E-state index contributed by atoms with van der Waals surface area (Å²) < 4.78 is 0. The van der Waals surface area contributed by atoms with Crippen molar-refractivity contribution in [1.82, 2.24) is 5.32 Å². The summed E-state index contributed by atoms with van der Waals surface area (Å²) in [6.45, 7) is 3.45. The number of rotatable bonds is 7. The molecule has 0 bridgehead atoms. The third-order valence-corrected chi connectivity index (χ3v) is 3.91. The van der Waals surface area contributed by atoms with E-state index in [1.165, 1.54) is 24.6 Å². The molecule has 2 aromatic carbocycles. The van der Waals surface area contributed by atoms with Crippen molar-refractivity contribution in [3.8, 4) is 0 Å². The van der Waals surface area contributed by atoms with Crippen molar-refractivity contribution in [2.75, 3.05) is 5.32 Å². The Labute approximate surface area is 152 Å². The molecule has 0 fully saturated rings. The van der Waals surface area contributed by atoms with Crippen LogP contribution < -0.4 is 10.6 Å². The molecule has 2 rings (SSSR count). The maximum atomic E-state index is 12.2. The standard InChI is InChI=1S/C20H22N2O4/c1-3-14-5-4-6-15(11-14)12-18(23)22-17-9-7-16(8-10-17)19(24)21-13(2)20(25)26/h4-11,13H,3,12H2,1-2H3,(H,21,24)(H,22,23)(H,25,26). The summed E-state index contributed by atoms with van der Waals surface area (Å²) in [7, 11) is 0. The molecule has 26 heavy (non-hydrogen) atoms. The first kappa shape index (κ1) is 19.2. The highest BCUT2D eigenvalue weighted by Gasteiger charge is 2.15. The van der Waals surface area contributed by atoms with Gasteiger partial charge in [-0.1, -0.05) is 31.2 Å². The van der Waals surface area contributed by atoms with Gasteiger partial charge in [0.1, 0.15) is 6.04 Å². The molecule has 6 heteroatoms. The maximum absolute atomic E-state index is 12.2. The molecular formula is C20H22N2O4. The van der Waals surface area contributed by atoms with Crippen molar-refractivity contribution in [2.24, 2.45) is 0 Å². The molecule has 0 saturated heterocycles. The number of anilines is 1. The van der Waals surface area contributed by atoms with Crippen LogP contribution in [0.3, 0.4) is 0 Å². The quantitative estimate of drug-likeness (QED) is 0.712. The predicted molar refractivity (Wildman–Crippen MR) is 99.2 cm³/mol. The van der Waals surface area contributed by atoms with Crippen LogP contribution in [-0.2, 0) is 22.4 Å². The van der Waals surface area contributed by atoms with Gasteiger partial charge in [0.25, 0.3) is 5.91 Å². The van der Waals surface area contributed by atoms with E-state index in [1.807, 2.05) is 24.3 Å². The van der Waals surface area contributed by atoms with Gasteiger partial charge < -0.3 is 15.7 Å². The van der Waals surface area contributed by atoms with E-state index in [1.54, 1.807) is 12.1 Å². The van der Waals surface area contributed by atoms with E-state index in [2.05, 4.69) is 17.6 Å². The van der Waals surface area contributed by atoms with Crippen LogP contribution in [0.15, 0.2) is 48.5 Å². The van der Waals surface area contributed by atoms with E-state index < -0.39 is 17.9 Å². The van der Waals surface area contributed by atoms with Gasteiger partial charge >= 0.3 is 5.97 Å². The molecule has 3 N–H and O–H groups in total. The van der Waals surface area contributed by atoms with Crippen LogP contribution in [0.1, 0.15) is 35.3 Å². The van der Waals surface area contributed by atoms with Crippen molar-refractivity contribution >= 4 is 23.5 Å². The molecule has 0 heterocycles. The van der Waals surface area contributed by atoms with Crippen LogP contribution >= 0.6 is 0 Å². The molecule has 0 aromatic heterocycles. The van der Waals surface area contributed by atoms with E-state index in [9.17, 15) is 14.4 Å². The van der Waals surface area contributed by atoms with Crippen LogP contribution in [0, 0.1) is 0 Å². The number of carboxylic acid groups (broad SMARTS) is 1. The molecule has 2 aromatic rings. The summed E-state index contributed by atoms with van der Waals surface area (Å²) in [5, 5.41) is 14.0. The van der Waals surface area contributed by atoms with Gasteiger partial charge in [-0.25, -0.2) is 0 Å². The second kappa shape index (κ2) is 8.80. The second-order valence-electron chi connectivity index (χ2n) is 6.01. The number of benzene rings is 2. The highest BCUT2D eigenvalue weighted by molar-refractivity contribution is 5.97. The van der Waals surface area contributed by atoms with Gasteiger partial charge in [0.15, 0.2) is 0 Å². The zero-order valence-corrected chi connectivity index (χ0v) is 14.8. The summed E-state index contributed by atoms with van der Waals surface area (Å²) >= 11 is 0. The van der Waals surface area contributed by atoms with Gasteiger partial charge in [0.05, 0.1) is 6.42 Å². The largest absolute Gasteiger partial charge is 0.480 e. The number of carboxylic acids is 1. The number of carbonyl (C=O) groups is 3. The Kier molecular flexibility index (Phi) is 6.49. The average Bonchev–Trinajstić information content (AvgIpc) is 2.62. The SMILES string of the molecule is CCc1cccc(CC(=O)Nc2ccc(C(=O)NC(C)C(=O)O)cc2)c1. The molecule has 2 amide bonds. The number of nitrogens with one attached hydrogen (secondary N) is 2. The molecular weight excluding hydrogens is 332 g/mol. The fraction of sp³-hybridized carbons (Fsp3) is 0.250. The molecule has 0 aliphatic rings. The summed E-state index contributed by atoms with van der Waals surface area (Å²) in [5.74, 6) is -1.72. The van der Waals surface area contributed by atoms with Crippen LogP contribution in [-0.4, -0.2) is 28.9 Å². The van der Waals surface area contributed by atoms with Crippen molar-refractivity contribution < 1.29 is 19.5 Å². The van der Waals surface area contributed by atoms with Crippen LogP contribution in [0.4, 0.5) is 5.69 Å². The number of hydrogen-bond acceptors (Lipinski definition) is 3. The van der Waals surface area contributed by atoms with Crippen molar-refractivity contribution in [3.05, 3.63) is 65.2 Å². The lowest BCUT2D eigenvalue weighted by Crippen LogP contribution is -2.38. The Bertz CT molecular complexity index is 800. The molecule has 0 spiro atoms. The predicted octanol–water partition coefficient (Wildman–Crippen LogP) is 2.63. The van der Waals surface area contributed by atoms with Crippen LogP contribution in [0.25, 0.3) is 0 Å². The lowest BCUT2D eigenvalue weighted by molar-refractivity contribution is -0.138. The minimum absolute atomic E-state index is 0.144. The fourth-order valence-corrected chi connectivity index (χ4v) is 2.40. The number of aliphatic carboxylic acids is 1. The molecule has 0 aliphatic carbocycles. The molecule has 0 radical (unpaired) electrons. The smallest absolute Gasteiger partial charge is 0.325 e. The molecule has 136 valence electrons. The fourth-order valence-electron chi connectivity index (χ4n) is 2.40. The van der Waals surface area contributed by atoms with Crippen LogP contribution in [0.2, 0.25) is 0 Å². The Hall–Kier alpha value is -3.15. The van der Waals surface area contributed by atoms with E-state index in [0.29, 0.717) is 11.3 Å². The Morgan fingerprint density at radius 1 is 1.04 bits per heavy atom. The Morgan fingerprint density at radius 2 is 1.69 bits per heavy atom. The Morgan fingerprint density at radius 3 is 2.31 bits per heavy atom. The Balaban J connectivity index is 1.94. The third kappa shape index (κ3) is 5.44. The van der Waals surface area contributed by atoms with Gasteiger partial charge in [-0.2, -0.15) is 0 Å². The molecule has 1 atom stereocenters. The van der Waals surface area contributed by atoms with Crippen molar-refractivity contribution in [1.29, 1.82) is 0 Å². The summed E-state index contributed by atoms with van der Waals surface area (Å²) in [5.41, 5.74) is 3.03. The van der Waals surface area contributed by atoms with E-state index >= 15 is 0 Å². The van der Waals surface area contributed by atoms with Crippen molar-refractivity contribution in [3.63, 3.8) is 0 Å². The summed E-state index contributed by atoms with van der Waals surface area (Å²) in [6, 6.07) is 13.2. The topological polar surface area (TPSA) is 95.5 Å². The van der Waals surface area contributed by atoms with Gasteiger partial charge in [-0.05, 0) is 48.7 Å². The first-order chi connectivity index (χ1) is 12.4. The van der Waals surface area contributed by atoms with Crippen LogP contribution in [0.5, 0.6) is 0 Å². The number of hydrogen-bond donors (Lipinski definition) is 3. The third-order valence-electron chi connectivity index (χ3n) is 3.91. The second-order valence-corrected chi connectivity index (χ2v) is 6.01. The van der Waals surface area contributed by atoms with E-state index in [0.717, 1.165) is 12.0 Å². The zero-order chi connectivity index (χ0) is 19.1. The lowest BCUT2D eigenvalue weighted by Gasteiger charge is -2.10. The molecule has 0 saturated carbocycles. The average molecular weight is 354 g/mol. The molecule has 0 aliphatic heterocycles. The summed E-state index contributed by atoms with van der Waals surface area (Å²) in [6.07, 6.45) is 1.19. The first-order valence-corrected chi connectivity index (χ1v) is 8.40. The normalized spacial score (nSPS) is 11.5. The zero-order valence-electron chi connectivity index (χ0n) is 14.8. The van der Waals surface area contributed by atoms with Gasteiger partial charge in [0.2, 0.25) is 5.91 Å². The maximum Gasteiger partial charge on any atom is 0.325 e.